The van der Waals surface area contributed by atoms with Crippen molar-refractivity contribution in [2.24, 2.45) is 5.73 Å². The normalized spacial score (nSPS) is 12.2. The van der Waals surface area contributed by atoms with Crippen LogP contribution in [0.2, 0.25) is 0 Å². The fourth-order valence-electron chi connectivity index (χ4n) is 4.98. The monoisotopic (exact) mass is 594 g/mol. The van der Waals surface area contributed by atoms with Crippen LogP contribution in [0.25, 0.3) is 10.9 Å². The third kappa shape index (κ3) is 7.51. The molecule has 0 aliphatic carbocycles. The van der Waals surface area contributed by atoms with Crippen LogP contribution < -0.4 is 15.8 Å². The van der Waals surface area contributed by atoms with Crippen molar-refractivity contribution in [2.75, 3.05) is 7.11 Å². The molecule has 10 heteroatoms. The number of amides is 1. The largest absolute Gasteiger partial charge is 0.497 e. The second-order valence-corrected chi connectivity index (χ2v) is 11.4. The lowest BCUT2D eigenvalue weighted by atomic mass is 10.0. The van der Waals surface area contributed by atoms with Crippen LogP contribution in [0, 0.1) is 0 Å². The Hall–Kier alpha value is -4.96. The fourth-order valence-corrected chi connectivity index (χ4v) is 4.98. The zero-order valence-corrected chi connectivity index (χ0v) is 25.2. The molecule has 0 radical (unpaired) electrons. The number of para-hydroxylation sites is 1. The lowest BCUT2D eigenvalue weighted by Crippen LogP contribution is -2.50. The Bertz CT molecular complexity index is 1700. The van der Waals surface area contributed by atoms with Gasteiger partial charge in [-0.25, -0.2) is 0 Å². The van der Waals surface area contributed by atoms with E-state index in [2.05, 4.69) is 26.6 Å². The highest BCUT2D eigenvalue weighted by atomic mass is 16.5. The molecule has 5 aromatic rings. The number of rotatable bonds is 13. The van der Waals surface area contributed by atoms with Crippen molar-refractivity contribution in [1.29, 1.82) is 0 Å². The topological polar surface area (TPSA) is 137 Å². The Labute approximate surface area is 256 Å². The van der Waals surface area contributed by atoms with E-state index in [0.717, 1.165) is 40.0 Å². The van der Waals surface area contributed by atoms with Crippen LogP contribution in [0.15, 0.2) is 85.1 Å². The van der Waals surface area contributed by atoms with Gasteiger partial charge in [0.25, 0.3) is 0 Å². The summed E-state index contributed by atoms with van der Waals surface area (Å²) in [5, 5.41) is 13.2. The molecule has 228 valence electrons. The maximum Gasteiger partial charge on any atom is 0.308 e. The van der Waals surface area contributed by atoms with Crippen molar-refractivity contribution in [2.45, 2.75) is 57.8 Å². The number of methoxy groups -OCH3 is 1. The van der Waals surface area contributed by atoms with E-state index in [1.165, 1.54) is 5.56 Å². The molecule has 0 fully saturated rings. The molecule has 2 heterocycles. The van der Waals surface area contributed by atoms with Gasteiger partial charge in [0, 0.05) is 23.5 Å². The number of hydrogen-bond donors (Lipinski definition) is 3. The minimum atomic E-state index is -1.18. The summed E-state index contributed by atoms with van der Waals surface area (Å²) in [4.78, 5) is 29.5. The maximum absolute atomic E-state index is 13.1. The summed E-state index contributed by atoms with van der Waals surface area (Å²) in [6.07, 6.45) is 3.19. The van der Waals surface area contributed by atoms with Gasteiger partial charge in [-0.3, -0.25) is 9.59 Å². The van der Waals surface area contributed by atoms with Crippen LogP contribution in [0.5, 0.6) is 5.75 Å². The second kappa shape index (κ2) is 13.6. The van der Waals surface area contributed by atoms with Crippen molar-refractivity contribution in [3.05, 3.63) is 113 Å². The summed E-state index contributed by atoms with van der Waals surface area (Å²) in [6, 6.07) is 24.5. The summed E-state index contributed by atoms with van der Waals surface area (Å²) >= 11 is 0. The van der Waals surface area contributed by atoms with Crippen molar-refractivity contribution in [3.8, 4) is 5.75 Å². The third-order valence-corrected chi connectivity index (χ3v) is 7.46. The number of fused-ring (bicyclic) bond motifs is 1. The molecule has 0 unspecified atom stereocenters. The predicted molar refractivity (Wildman–Crippen MR) is 168 cm³/mol. The number of aromatic amines is 1. The maximum atomic E-state index is 13.1. The molecular weight excluding hydrogens is 556 g/mol. The molecule has 0 saturated carbocycles. The van der Waals surface area contributed by atoms with Gasteiger partial charge in [-0.1, -0.05) is 60.7 Å². The molecule has 4 N–H and O–H groups in total. The van der Waals surface area contributed by atoms with Crippen LogP contribution in [-0.4, -0.2) is 44.3 Å². The van der Waals surface area contributed by atoms with Crippen molar-refractivity contribution in [1.82, 2.24) is 25.1 Å². The van der Waals surface area contributed by atoms with Crippen molar-refractivity contribution in [3.63, 3.8) is 0 Å². The average Bonchev–Trinajstić information content (AvgIpc) is 3.62. The van der Waals surface area contributed by atoms with Crippen LogP contribution in [0.4, 0.5) is 0 Å². The Morgan fingerprint density at radius 2 is 1.68 bits per heavy atom. The molecule has 44 heavy (non-hydrogen) atoms. The molecule has 2 aromatic heterocycles. The van der Waals surface area contributed by atoms with Crippen LogP contribution in [0.1, 0.15) is 54.6 Å². The number of aryl methyl sites for hydroxylation is 2. The second-order valence-electron chi connectivity index (χ2n) is 11.4. The highest BCUT2D eigenvalue weighted by Crippen LogP contribution is 2.24. The first kappa shape index (κ1) is 30.5. The Morgan fingerprint density at radius 3 is 2.41 bits per heavy atom. The molecule has 0 spiro atoms. The van der Waals surface area contributed by atoms with Crippen LogP contribution >= 0.6 is 0 Å². The Kier molecular flexibility index (Phi) is 9.40. The van der Waals surface area contributed by atoms with Crippen LogP contribution in [0.3, 0.4) is 0 Å². The Morgan fingerprint density at radius 1 is 0.955 bits per heavy atom. The number of carbonyl (C=O) groups is 2. The number of aromatic nitrogens is 4. The van der Waals surface area contributed by atoms with Gasteiger partial charge in [-0.2, -0.15) is 0 Å². The summed E-state index contributed by atoms with van der Waals surface area (Å²) in [7, 11) is 1.62. The lowest BCUT2D eigenvalue weighted by Gasteiger charge is -2.24. The molecule has 10 nitrogen and oxygen atoms in total. The fraction of sp³-hybridized carbons (Fsp3) is 0.294. The number of H-pyrrole nitrogens is 1. The molecule has 1 atom stereocenters. The zero-order chi connectivity index (χ0) is 31.1. The first-order chi connectivity index (χ1) is 21.2. The number of nitrogens with zero attached hydrogens (tertiary/aromatic N) is 3. The highest BCUT2D eigenvalue weighted by Gasteiger charge is 2.31. The summed E-state index contributed by atoms with van der Waals surface area (Å²) in [5.41, 5.74) is 9.04. The summed E-state index contributed by atoms with van der Waals surface area (Å²) in [6.45, 7) is 3.77. The van der Waals surface area contributed by atoms with E-state index in [1.54, 1.807) is 21.0 Å². The van der Waals surface area contributed by atoms with Gasteiger partial charge in [-0.05, 0) is 55.2 Å². The number of nitrogens with one attached hydrogen (secondary N) is 2. The number of benzene rings is 3. The lowest BCUT2D eigenvalue weighted by molar-refractivity contribution is -0.145. The number of nitrogens with two attached hydrogens (primary N) is 1. The van der Waals surface area contributed by atoms with Gasteiger partial charge >= 0.3 is 5.97 Å². The van der Waals surface area contributed by atoms with E-state index >= 15 is 0 Å². The predicted octanol–water partition coefficient (Wildman–Crippen LogP) is 4.63. The van der Waals surface area contributed by atoms with Crippen LogP contribution in [-0.2, 0) is 40.3 Å². The quantitative estimate of drug-likeness (QED) is 0.169. The van der Waals surface area contributed by atoms with E-state index in [9.17, 15) is 9.59 Å². The van der Waals surface area contributed by atoms with E-state index in [0.29, 0.717) is 18.8 Å². The zero-order valence-electron chi connectivity index (χ0n) is 25.2. The molecule has 1 amide bonds. The first-order valence-electron chi connectivity index (χ1n) is 14.6. The van der Waals surface area contributed by atoms with Gasteiger partial charge in [0.15, 0.2) is 5.82 Å². The molecule has 5 rings (SSSR count). The standard InChI is InChI=1S/C34H38N6O4/c1-34(2,35)33(42)37-29(19-31(41)44-22-24-9-5-4-6-10-24)32-39-38-30(40(32)21-23-13-16-26(43-3)17-14-23)18-15-25-20-36-28-12-8-7-11-27(25)28/h4-14,16-17,20,29,36H,15,18-19,21-22,35H2,1-3H3,(H,37,42)/t29-/m1/s1. The van der Waals surface area contributed by atoms with E-state index in [1.807, 2.05) is 83.6 Å². The van der Waals surface area contributed by atoms with Crippen molar-refractivity contribution < 1.29 is 19.1 Å². The molecule has 0 bridgehead atoms. The molecular formula is C34H38N6O4. The SMILES string of the molecule is COc1ccc(Cn2c(CCc3c[nH]c4ccccc34)nnc2[C@@H](CC(=O)OCc2ccccc2)NC(=O)C(C)(C)N)cc1. The first-order valence-corrected chi connectivity index (χ1v) is 14.6. The number of carbonyl (C=O) groups excluding carboxylic acids is 2. The van der Waals surface area contributed by atoms with E-state index in [4.69, 9.17) is 15.2 Å². The summed E-state index contributed by atoms with van der Waals surface area (Å²) in [5.74, 6) is 1.02. The van der Waals surface area contributed by atoms with Gasteiger partial charge in [0.05, 0.1) is 31.7 Å². The molecule has 0 aliphatic heterocycles. The van der Waals surface area contributed by atoms with Gasteiger partial charge in [0.2, 0.25) is 5.91 Å². The third-order valence-electron chi connectivity index (χ3n) is 7.46. The molecule has 0 aliphatic rings. The smallest absolute Gasteiger partial charge is 0.308 e. The van der Waals surface area contributed by atoms with Gasteiger partial charge in [-0.15, -0.1) is 10.2 Å². The molecule has 3 aromatic carbocycles. The minimum Gasteiger partial charge on any atom is -0.497 e. The number of hydrogen-bond acceptors (Lipinski definition) is 7. The number of ether oxygens (including phenoxy) is 2. The van der Waals surface area contributed by atoms with Gasteiger partial charge < -0.3 is 30.1 Å². The highest BCUT2D eigenvalue weighted by molar-refractivity contribution is 5.86. The minimum absolute atomic E-state index is 0.122. The van der Waals surface area contributed by atoms with Crippen molar-refractivity contribution >= 4 is 22.8 Å². The summed E-state index contributed by atoms with van der Waals surface area (Å²) < 4.78 is 12.9. The number of esters is 1. The van der Waals surface area contributed by atoms with E-state index < -0.39 is 23.5 Å². The molecule has 0 saturated heterocycles. The Balaban J connectivity index is 1.45. The average molecular weight is 595 g/mol. The van der Waals surface area contributed by atoms with Gasteiger partial charge in [0.1, 0.15) is 18.2 Å². The van der Waals surface area contributed by atoms with E-state index in [-0.39, 0.29) is 13.0 Å².